The number of fused-ring (bicyclic) bond motifs is 1. The van der Waals surface area contributed by atoms with Crippen molar-refractivity contribution < 1.29 is 28.3 Å². The summed E-state index contributed by atoms with van der Waals surface area (Å²) in [7, 11) is 0. The van der Waals surface area contributed by atoms with Gasteiger partial charge in [-0.25, -0.2) is 4.39 Å². The van der Waals surface area contributed by atoms with E-state index in [4.69, 9.17) is 4.74 Å². The van der Waals surface area contributed by atoms with Crippen molar-refractivity contribution in [2.75, 3.05) is 18.5 Å². The molecule has 2 aliphatic rings. The van der Waals surface area contributed by atoms with E-state index < -0.39 is 30.8 Å². The van der Waals surface area contributed by atoms with E-state index in [1.54, 1.807) is 0 Å². The van der Waals surface area contributed by atoms with Gasteiger partial charge in [0.2, 0.25) is 11.8 Å². The minimum atomic E-state index is -0.834. The second kappa shape index (κ2) is 7.63. The highest BCUT2D eigenvalue weighted by Gasteiger charge is 2.48. The Morgan fingerprint density at radius 2 is 1.81 bits per heavy atom. The van der Waals surface area contributed by atoms with Crippen LogP contribution in [0.1, 0.15) is 25.7 Å². The molecule has 2 fully saturated rings. The van der Waals surface area contributed by atoms with Gasteiger partial charge >= 0.3 is 5.97 Å². The molecule has 1 N–H and O–H groups in total. The van der Waals surface area contributed by atoms with Gasteiger partial charge < -0.3 is 10.1 Å². The number of esters is 1. The van der Waals surface area contributed by atoms with Crippen LogP contribution in [0.25, 0.3) is 0 Å². The molecule has 0 unspecified atom stereocenters. The van der Waals surface area contributed by atoms with Crippen LogP contribution >= 0.6 is 0 Å². The Kier molecular flexibility index (Phi) is 5.29. The lowest BCUT2D eigenvalue weighted by atomic mass is 9.81. The molecule has 1 saturated carbocycles. The number of amides is 3. The highest BCUT2D eigenvalue weighted by atomic mass is 19.1. The Labute approximate surface area is 149 Å². The van der Waals surface area contributed by atoms with Crippen LogP contribution in [0.15, 0.2) is 24.3 Å². The number of likely N-dealkylation sites (tertiary alicyclic amines) is 1. The summed E-state index contributed by atoms with van der Waals surface area (Å²) in [4.78, 5) is 49.1. The highest BCUT2D eigenvalue weighted by Crippen LogP contribution is 2.37. The zero-order valence-corrected chi connectivity index (χ0v) is 14.1. The number of halogens is 1. The third kappa shape index (κ3) is 3.89. The van der Waals surface area contributed by atoms with Crippen molar-refractivity contribution in [2.24, 2.45) is 11.8 Å². The average Bonchev–Trinajstić information content (AvgIpc) is 2.85. The summed E-state index contributed by atoms with van der Waals surface area (Å²) in [5.74, 6) is -3.31. The van der Waals surface area contributed by atoms with E-state index in [-0.39, 0.29) is 29.3 Å². The summed E-state index contributed by atoms with van der Waals surface area (Å²) in [6, 6.07) is 5.29. The van der Waals surface area contributed by atoms with E-state index >= 15 is 0 Å². The number of nitrogens with zero attached hydrogens (tertiary/aromatic N) is 1. The topological polar surface area (TPSA) is 92.8 Å². The van der Waals surface area contributed by atoms with Crippen LogP contribution in [-0.4, -0.2) is 41.7 Å². The van der Waals surface area contributed by atoms with Crippen molar-refractivity contribution in [3.05, 3.63) is 30.1 Å². The number of imide groups is 1. The number of hydrogen-bond donors (Lipinski definition) is 1. The number of ether oxygens (including phenoxy) is 1. The predicted octanol–water partition coefficient (Wildman–Crippen LogP) is 1.48. The first-order chi connectivity index (χ1) is 12.5. The van der Waals surface area contributed by atoms with E-state index in [0.29, 0.717) is 12.8 Å². The predicted molar refractivity (Wildman–Crippen MR) is 88.2 cm³/mol. The number of carbonyl (C=O) groups is 4. The van der Waals surface area contributed by atoms with E-state index in [9.17, 15) is 23.6 Å². The van der Waals surface area contributed by atoms with Crippen LogP contribution in [0.5, 0.6) is 0 Å². The van der Waals surface area contributed by atoms with Gasteiger partial charge in [-0.15, -0.1) is 0 Å². The molecule has 3 rings (SSSR count). The van der Waals surface area contributed by atoms with Crippen molar-refractivity contribution in [2.45, 2.75) is 25.7 Å². The molecule has 1 aromatic rings. The fraction of sp³-hybridized carbons (Fsp3) is 0.444. The molecule has 0 radical (unpaired) electrons. The molecular weight excluding hydrogens is 343 g/mol. The Bertz CT molecular complexity index is 727. The van der Waals surface area contributed by atoms with Gasteiger partial charge in [-0.3, -0.25) is 24.1 Å². The van der Waals surface area contributed by atoms with Crippen molar-refractivity contribution in [1.29, 1.82) is 0 Å². The van der Waals surface area contributed by atoms with Crippen molar-refractivity contribution in [3.8, 4) is 0 Å². The van der Waals surface area contributed by atoms with Gasteiger partial charge in [0.15, 0.2) is 6.61 Å². The first-order valence-electron chi connectivity index (χ1n) is 8.52. The summed E-state index contributed by atoms with van der Waals surface area (Å²) < 4.78 is 17.9. The maximum atomic E-state index is 13.1. The number of hydrogen-bond acceptors (Lipinski definition) is 5. The molecule has 0 bridgehead atoms. The van der Waals surface area contributed by atoms with Crippen molar-refractivity contribution in [3.63, 3.8) is 0 Å². The largest absolute Gasteiger partial charge is 0.454 e. The molecule has 2 atom stereocenters. The molecule has 138 valence electrons. The lowest BCUT2D eigenvalue weighted by Gasteiger charge is -2.19. The lowest BCUT2D eigenvalue weighted by Crippen LogP contribution is -2.37. The van der Waals surface area contributed by atoms with Gasteiger partial charge in [0.25, 0.3) is 5.91 Å². The van der Waals surface area contributed by atoms with Crippen molar-refractivity contribution >= 4 is 29.4 Å². The minimum Gasteiger partial charge on any atom is -0.454 e. The van der Waals surface area contributed by atoms with Crippen LogP contribution < -0.4 is 5.32 Å². The Hall–Kier alpha value is -2.77. The maximum Gasteiger partial charge on any atom is 0.326 e. The summed E-state index contributed by atoms with van der Waals surface area (Å²) >= 11 is 0. The van der Waals surface area contributed by atoms with Crippen LogP contribution in [0, 0.1) is 17.7 Å². The SMILES string of the molecule is O=C(COC(=O)CN1C(=O)[C@H]2CCCC[C@H]2C1=O)Nc1cccc(F)c1. The van der Waals surface area contributed by atoms with E-state index in [1.165, 1.54) is 18.2 Å². The van der Waals surface area contributed by atoms with Crippen LogP contribution in [-0.2, 0) is 23.9 Å². The minimum absolute atomic E-state index is 0.236. The number of nitrogens with one attached hydrogen (secondary N) is 1. The summed E-state index contributed by atoms with van der Waals surface area (Å²) in [6.45, 7) is -1.07. The normalized spacial score (nSPS) is 22.1. The van der Waals surface area contributed by atoms with Gasteiger partial charge in [0.1, 0.15) is 12.4 Å². The maximum absolute atomic E-state index is 13.1. The Morgan fingerprint density at radius 1 is 1.15 bits per heavy atom. The van der Waals surface area contributed by atoms with Gasteiger partial charge in [-0.1, -0.05) is 18.9 Å². The third-order valence-corrected chi connectivity index (χ3v) is 4.69. The number of anilines is 1. The van der Waals surface area contributed by atoms with E-state index in [2.05, 4.69) is 5.32 Å². The van der Waals surface area contributed by atoms with Gasteiger partial charge in [0.05, 0.1) is 11.8 Å². The fourth-order valence-electron chi connectivity index (χ4n) is 3.47. The highest BCUT2D eigenvalue weighted by molar-refractivity contribution is 6.07. The number of rotatable bonds is 5. The summed E-state index contributed by atoms with van der Waals surface area (Å²) in [5, 5.41) is 2.39. The molecule has 1 aromatic carbocycles. The molecule has 0 aromatic heterocycles. The second-order valence-electron chi connectivity index (χ2n) is 6.48. The average molecular weight is 362 g/mol. The summed E-state index contributed by atoms with van der Waals surface area (Å²) in [6.07, 6.45) is 3.13. The number of carbonyl (C=O) groups excluding carboxylic acids is 4. The smallest absolute Gasteiger partial charge is 0.326 e. The first kappa shape index (κ1) is 18.0. The molecule has 26 heavy (non-hydrogen) atoms. The molecule has 1 saturated heterocycles. The Morgan fingerprint density at radius 3 is 2.42 bits per heavy atom. The van der Waals surface area contributed by atoms with Crippen LogP contribution in [0.4, 0.5) is 10.1 Å². The van der Waals surface area contributed by atoms with Gasteiger partial charge in [-0.05, 0) is 31.0 Å². The monoisotopic (exact) mass is 362 g/mol. The van der Waals surface area contributed by atoms with Crippen LogP contribution in [0.2, 0.25) is 0 Å². The van der Waals surface area contributed by atoms with E-state index in [0.717, 1.165) is 23.8 Å². The zero-order valence-electron chi connectivity index (χ0n) is 14.1. The second-order valence-corrected chi connectivity index (χ2v) is 6.48. The lowest BCUT2D eigenvalue weighted by molar-refractivity contribution is -0.154. The van der Waals surface area contributed by atoms with Crippen molar-refractivity contribution in [1.82, 2.24) is 4.90 Å². The molecule has 0 spiro atoms. The molecule has 1 heterocycles. The zero-order chi connectivity index (χ0) is 18.7. The third-order valence-electron chi connectivity index (χ3n) is 4.69. The molecule has 7 nitrogen and oxygen atoms in total. The molecule has 1 aliphatic carbocycles. The quantitative estimate of drug-likeness (QED) is 0.633. The molecular formula is C18H19FN2O5. The molecule has 3 amide bonds. The summed E-state index contributed by atoms with van der Waals surface area (Å²) in [5.41, 5.74) is 0.236. The van der Waals surface area contributed by atoms with Crippen LogP contribution in [0.3, 0.4) is 0 Å². The standard InChI is InChI=1S/C18H19FN2O5/c19-11-4-3-5-12(8-11)20-15(22)10-26-16(23)9-21-17(24)13-6-1-2-7-14(13)18(21)25/h3-5,8,13-14H,1-2,6-7,9-10H2,(H,20,22)/t13-,14+. The molecule has 1 aliphatic heterocycles. The number of benzene rings is 1. The van der Waals surface area contributed by atoms with Gasteiger partial charge in [-0.2, -0.15) is 0 Å². The van der Waals surface area contributed by atoms with Gasteiger partial charge in [0, 0.05) is 5.69 Å². The fourth-order valence-corrected chi connectivity index (χ4v) is 3.47. The van der Waals surface area contributed by atoms with E-state index in [1.807, 2.05) is 0 Å². The molecule has 8 heteroatoms. The first-order valence-corrected chi connectivity index (χ1v) is 8.52. The Balaban J connectivity index is 1.49.